The van der Waals surface area contributed by atoms with Crippen molar-refractivity contribution in [3.8, 4) is 0 Å². The number of aliphatic hydroxyl groups is 5. The fraction of sp³-hybridized carbons (Fsp3) is 0.905. The summed E-state index contributed by atoms with van der Waals surface area (Å²) in [6.45, 7) is 7.94. The van der Waals surface area contributed by atoms with Gasteiger partial charge in [-0.1, -0.05) is 32.4 Å². The zero-order chi connectivity index (χ0) is 20.8. The third kappa shape index (κ3) is 3.67. The number of aliphatic hydroxyl groups excluding tert-OH is 5. The summed E-state index contributed by atoms with van der Waals surface area (Å²) in [5, 5.41) is 50.8. The van der Waals surface area contributed by atoms with E-state index in [9.17, 15) is 25.5 Å². The Morgan fingerprint density at radius 2 is 1.86 bits per heavy atom. The van der Waals surface area contributed by atoms with E-state index >= 15 is 0 Å². The van der Waals surface area contributed by atoms with Gasteiger partial charge in [-0.15, -0.1) is 0 Å². The molecule has 28 heavy (non-hydrogen) atoms. The SMILES string of the molecule is CC1=CC[C@@H](O)[C@]2(C)CC[C@@H](C(C)C)[C@H](O[C@@H]3O[C@H](CO)[C@@H](O)[C@H](O)[C@H]3O)[C@H]12. The van der Waals surface area contributed by atoms with Gasteiger partial charge in [0.25, 0.3) is 0 Å². The monoisotopic (exact) mass is 400 g/mol. The Hall–Kier alpha value is -0.540. The van der Waals surface area contributed by atoms with Crippen molar-refractivity contribution in [2.75, 3.05) is 6.61 Å². The van der Waals surface area contributed by atoms with Crippen LogP contribution >= 0.6 is 0 Å². The van der Waals surface area contributed by atoms with Crippen molar-refractivity contribution in [3.05, 3.63) is 11.6 Å². The molecular weight excluding hydrogens is 364 g/mol. The Bertz CT molecular complexity index is 577. The molecule has 1 aliphatic heterocycles. The van der Waals surface area contributed by atoms with E-state index < -0.39 is 43.4 Å². The third-order valence-corrected chi connectivity index (χ3v) is 7.39. The van der Waals surface area contributed by atoms with Gasteiger partial charge in [-0.25, -0.2) is 0 Å². The molecule has 0 amide bonds. The molecule has 0 unspecified atom stereocenters. The van der Waals surface area contributed by atoms with E-state index in [1.165, 1.54) is 0 Å². The number of rotatable bonds is 4. The Labute approximate surface area is 167 Å². The molecule has 2 fully saturated rings. The largest absolute Gasteiger partial charge is 0.394 e. The minimum absolute atomic E-state index is 0.0373. The summed E-state index contributed by atoms with van der Waals surface area (Å²) in [7, 11) is 0. The zero-order valence-corrected chi connectivity index (χ0v) is 17.2. The molecular formula is C21H36O7. The van der Waals surface area contributed by atoms with E-state index in [2.05, 4.69) is 33.8 Å². The minimum atomic E-state index is -1.46. The lowest BCUT2D eigenvalue weighted by atomic mass is 9.54. The standard InChI is InChI=1S/C21H36O7/c1-10(2)12-7-8-21(4)14(23)6-5-11(3)15(21)19(12)28-20-18(26)17(25)16(24)13(9-22)27-20/h5,10,12-20,22-26H,6-9H2,1-4H3/t12-,13+,14+,15-,16+,17-,18+,19-,20-,21-/m0/s1. The van der Waals surface area contributed by atoms with Crippen LogP contribution in [0.3, 0.4) is 0 Å². The summed E-state index contributed by atoms with van der Waals surface area (Å²) in [4.78, 5) is 0. The first-order valence-corrected chi connectivity index (χ1v) is 10.4. The fourth-order valence-electron chi connectivity index (χ4n) is 5.49. The normalized spacial score (nSPS) is 49.6. The number of fused-ring (bicyclic) bond motifs is 1. The molecule has 1 heterocycles. The molecule has 10 atom stereocenters. The first-order chi connectivity index (χ1) is 13.1. The van der Waals surface area contributed by atoms with Crippen LogP contribution in [0.2, 0.25) is 0 Å². The highest BCUT2D eigenvalue weighted by molar-refractivity contribution is 5.20. The van der Waals surface area contributed by atoms with Gasteiger partial charge in [-0.2, -0.15) is 0 Å². The summed E-state index contributed by atoms with van der Waals surface area (Å²) in [6.07, 6.45) is -2.76. The summed E-state index contributed by atoms with van der Waals surface area (Å²) in [5.41, 5.74) is 0.830. The molecule has 7 nitrogen and oxygen atoms in total. The van der Waals surface area contributed by atoms with Gasteiger partial charge in [-0.3, -0.25) is 0 Å². The molecule has 1 saturated carbocycles. The maximum atomic E-state index is 10.8. The van der Waals surface area contributed by atoms with Gasteiger partial charge in [0.2, 0.25) is 0 Å². The second-order valence-electron chi connectivity index (χ2n) is 9.43. The zero-order valence-electron chi connectivity index (χ0n) is 17.2. The molecule has 0 radical (unpaired) electrons. The smallest absolute Gasteiger partial charge is 0.187 e. The first kappa shape index (κ1) is 22.2. The summed E-state index contributed by atoms with van der Waals surface area (Å²) in [5.74, 6) is 0.482. The van der Waals surface area contributed by atoms with Crippen molar-refractivity contribution in [1.82, 2.24) is 0 Å². The second-order valence-corrected chi connectivity index (χ2v) is 9.43. The van der Waals surface area contributed by atoms with E-state index in [4.69, 9.17) is 9.47 Å². The first-order valence-electron chi connectivity index (χ1n) is 10.4. The predicted molar refractivity (Wildman–Crippen MR) is 102 cm³/mol. The van der Waals surface area contributed by atoms with Gasteiger partial charge >= 0.3 is 0 Å². The molecule has 162 valence electrons. The quantitative estimate of drug-likeness (QED) is 0.438. The fourth-order valence-corrected chi connectivity index (χ4v) is 5.49. The highest BCUT2D eigenvalue weighted by Crippen LogP contribution is 2.54. The summed E-state index contributed by atoms with van der Waals surface area (Å²) < 4.78 is 11.9. The number of ether oxygens (including phenoxy) is 2. The van der Waals surface area contributed by atoms with Gasteiger partial charge in [0.05, 0.1) is 18.8 Å². The van der Waals surface area contributed by atoms with Crippen LogP contribution in [0.4, 0.5) is 0 Å². The number of hydrogen-bond acceptors (Lipinski definition) is 7. The number of hydrogen-bond donors (Lipinski definition) is 5. The molecule has 7 heteroatoms. The van der Waals surface area contributed by atoms with Crippen LogP contribution in [0.5, 0.6) is 0 Å². The topological polar surface area (TPSA) is 120 Å². The van der Waals surface area contributed by atoms with E-state index in [0.29, 0.717) is 12.3 Å². The lowest BCUT2D eigenvalue weighted by Crippen LogP contribution is -2.62. The van der Waals surface area contributed by atoms with Crippen molar-refractivity contribution in [2.45, 2.75) is 89.9 Å². The van der Waals surface area contributed by atoms with Crippen LogP contribution in [-0.4, -0.2) is 75.1 Å². The Morgan fingerprint density at radius 1 is 1.18 bits per heavy atom. The van der Waals surface area contributed by atoms with Crippen molar-refractivity contribution in [2.24, 2.45) is 23.2 Å². The average molecular weight is 401 g/mol. The minimum Gasteiger partial charge on any atom is -0.394 e. The molecule has 0 aromatic rings. The second kappa shape index (κ2) is 8.30. The molecule has 3 rings (SSSR count). The van der Waals surface area contributed by atoms with Gasteiger partial charge in [0.1, 0.15) is 24.4 Å². The molecule has 0 aromatic carbocycles. The van der Waals surface area contributed by atoms with Gasteiger partial charge in [0, 0.05) is 11.3 Å². The molecule has 0 bridgehead atoms. The Morgan fingerprint density at radius 3 is 2.46 bits per heavy atom. The molecule has 5 N–H and O–H groups in total. The van der Waals surface area contributed by atoms with E-state index in [0.717, 1.165) is 18.4 Å². The van der Waals surface area contributed by atoms with Crippen LogP contribution in [-0.2, 0) is 9.47 Å². The molecule has 0 aromatic heterocycles. The molecule has 2 aliphatic carbocycles. The Kier molecular flexibility index (Phi) is 6.57. The van der Waals surface area contributed by atoms with Gasteiger partial charge < -0.3 is 35.0 Å². The maximum Gasteiger partial charge on any atom is 0.187 e. The van der Waals surface area contributed by atoms with Crippen molar-refractivity contribution in [1.29, 1.82) is 0 Å². The maximum absolute atomic E-state index is 10.8. The Balaban J connectivity index is 1.91. The summed E-state index contributed by atoms with van der Waals surface area (Å²) in [6, 6.07) is 0. The van der Waals surface area contributed by atoms with Gasteiger partial charge in [0.15, 0.2) is 6.29 Å². The van der Waals surface area contributed by atoms with Crippen LogP contribution in [0, 0.1) is 23.2 Å². The summed E-state index contributed by atoms with van der Waals surface area (Å²) >= 11 is 0. The lowest BCUT2D eigenvalue weighted by Gasteiger charge is -2.55. The molecule has 1 saturated heterocycles. The molecule has 3 aliphatic rings. The van der Waals surface area contributed by atoms with E-state index in [1.807, 2.05) is 0 Å². The van der Waals surface area contributed by atoms with Crippen LogP contribution in [0.1, 0.15) is 47.0 Å². The van der Waals surface area contributed by atoms with Gasteiger partial charge in [-0.05, 0) is 38.0 Å². The molecule has 0 spiro atoms. The van der Waals surface area contributed by atoms with Crippen LogP contribution < -0.4 is 0 Å². The van der Waals surface area contributed by atoms with Crippen LogP contribution in [0.15, 0.2) is 11.6 Å². The van der Waals surface area contributed by atoms with Crippen LogP contribution in [0.25, 0.3) is 0 Å². The van der Waals surface area contributed by atoms with Crippen molar-refractivity contribution in [3.63, 3.8) is 0 Å². The van der Waals surface area contributed by atoms with Crippen molar-refractivity contribution >= 4 is 0 Å². The lowest BCUT2D eigenvalue weighted by molar-refractivity contribution is -0.326. The highest BCUT2D eigenvalue weighted by Gasteiger charge is 2.55. The van der Waals surface area contributed by atoms with E-state index in [-0.39, 0.29) is 23.4 Å². The van der Waals surface area contributed by atoms with Crippen molar-refractivity contribution < 1.29 is 35.0 Å². The van der Waals surface area contributed by atoms with E-state index in [1.54, 1.807) is 0 Å². The predicted octanol–water partition coefficient (Wildman–Crippen LogP) is 0.571. The average Bonchev–Trinajstić information content (AvgIpc) is 2.65. The third-order valence-electron chi connectivity index (χ3n) is 7.39. The highest BCUT2D eigenvalue weighted by atomic mass is 16.7.